The van der Waals surface area contributed by atoms with Crippen molar-refractivity contribution < 1.29 is 0 Å². The molecule has 0 fully saturated rings. The standard InChI is InChI=1S/C48H54N2/c1-35-14-12-18-44(32-35)49(40-16-10-9-11-17-40)41-26-20-37(21-27-41)38-22-28-42(29-23-38)50(45-19-13-15-36(2)33-45)43-30-24-39(25-31-43)46(48(6,7)8)34-47(3,4)5/h9-10,12-16,18-33,46H,11,17,34H2,1-8H3. The monoisotopic (exact) mass is 658 g/mol. The lowest BCUT2D eigenvalue weighted by Crippen LogP contribution is -2.23. The molecule has 0 bridgehead atoms. The van der Waals surface area contributed by atoms with Gasteiger partial charge in [0, 0.05) is 34.1 Å². The highest BCUT2D eigenvalue weighted by atomic mass is 15.2. The van der Waals surface area contributed by atoms with E-state index in [9.17, 15) is 0 Å². The van der Waals surface area contributed by atoms with Crippen molar-refractivity contribution in [2.45, 2.75) is 80.6 Å². The van der Waals surface area contributed by atoms with Gasteiger partial charge in [0.2, 0.25) is 0 Å². The van der Waals surface area contributed by atoms with Crippen LogP contribution < -0.4 is 9.80 Å². The number of allylic oxidation sites excluding steroid dienone is 4. The van der Waals surface area contributed by atoms with Crippen molar-refractivity contribution in [3.8, 4) is 11.1 Å². The van der Waals surface area contributed by atoms with Crippen LogP contribution in [0.4, 0.5) is 28.4 Å². The Kier molecular flexibility index (Phi) is 10.2. The number of rotatable bonds is 9. The van der Waals surface area contributed by atoms with E-state index in [1.807, 2.05) is 0 Å². The number of benzene rings is 5. The Labute approximate surface area is 301 Å². The number of anilines is 5. The zero-order valence-electron chi connectivity index (χ0n) is 31.4. The molecule has 5 aromatic rings. The lowest BCUT2D eigenvalue weighted by atomic mass is 9.69. The second kappa shape index (κ2) is 14.6. The van der Waals surface area contributed by atoms with Crippen molar-refractivity contribution >= 4 is 28.4 Å². The largest absolute Gasteiger partial charge is 0.314 e. The van der Waals surface area contributed by atoms with Gasteiger partial charge in [-0.25, -0.2) is 0 Å². The summed E-state index contributed by atoms with van der Waals surface area (Å²) in [5, 5.41) is 0. The molecule has 5 aromatic carbocycles. The van der Waals surface area contributed by atoms with Crippen molar-refractivity contribution in [3.05, 3.63) is 162 Å². The maximum Gasteiger partial charge on any atom is 0.0464 e. The summed E-state index contributed by atoms with van der Waals surface area (Å²) in [4.78, 5) is 4.78. The third kappa shape index (κ3) is 8.30. The predicted octanol–water partition coefficient (Wildman–Crippen LogP) is 14.4. The van der Waals surface area contributed by atoms with Crippen molar-refractivity contribution in [1.29, 1.82) is 0 Å². The average molecular weight is 659 g/mol. The van der Waals surface area contributed by atoms with Gasteiger partial charge in [-0.15, -0.1) is 0 Å². The Hall–Kier alpha value is -4.82. The Morgan fingerprint density at radius 1 is 0.560 bits per heavy atom. The van der Waals surface area contributed by atoms with Gasteiger partial charge in [-0.1, -0.05) is 114 Å². The molecular formula is C48H54N2. The third-order valence-electron chi connectivity index (χ3n) is 9.80. The van der Waals surface area contributed by atoms with E-state index in [0.717, 1.165) is 24.9 Å². The average Bonchev–Trinajstić information content (AvgIpc) is 3.08. The predicted molar refractivity (Wildman–Crippen MR) is 217 cm³/mol. The van der Waals surface area contributed by atoms with Gasteiger partial charge in [0.25, 0.3) is 0 Å². The maximum atomic E-state index is 2.40. The van der Waals surface area contributed by atoms with Gasteiger partial charge in [0.05, 0.1) is 0 Å². The van der Waals surface area contributed by atoms with E-state index in [-0.39, 0.29) is 10.8 Å². The quantitative estimate of drug-likeness (QED) is 0.155. The van der Waals surface area contributed by atoms with Crippen LogP contribution in [0, 0.1) is 24.7 Å². The van der Waals surface area contributed by atoms with E-state index < -0.39 is 0 Å². The molecule has 50 heavy (non-hydrogen) atoms. The molecule has 6 rings (SSSR count). The SMILES string of the molecule is Cc1cccc(N(C2=CC=CCC2)c2ccc(-c3ccc(N(c4ccc(C(CC(C)(C)C)C(C)(C)C)cc4)c4cccc(C)c4)cc3)cc2)c1. The van der Waals surface area contributed by atoms with Crippen LogP contribution in [0.15, 0.2) is 145 Å². The van der Waals surface area contributed by atoms with Gasteiger partial charge in [-0.05, 0) is 144 Å². The summed E-state index contributed by atoms with van der Waals surface area (Å²) in [7, 11) is 0. The van der Waals surface area contributed by atoms with Crippen molar-refractivity contribution in [3.63, 3.8) is 0 Å². The van der Waals surface area contributed by atoms with Gasteiger partial charge in [-0.3, -0.25) is 0 Å². The first-order chi connectivity index (χ1) is 23.9. The molecule has 2 nitrogen and oxygen atoms in total. The molecule has 0 amide bonds. The zero-order valence-corrected chi connectivity index (χ0v) is 31.4. The third-order valence-corrected chi connectivity index (χ3v) is 9.80. The first-order valence-electron chi connectivity index (χ1n) is 18.3. The molecule has 0 spiro atoms. The minimum absolute atomic E-state index is 0.183. The fourth-order valence-corrected chi connectivity index (χ4v) is 7.24. The molecule has 2 heteroatoms. The molecule has 0 aromatic heterocycles. The number of aryl methyl sites for hydroxylation is 2. The highest BCUT2D eigenvalue weighted by molar-refractivity contribution is 5.79. The van der Waals surface area contributed by atoms with Gasteiger partial charge in [0.1, 0.15) is 0 Å². The van der Waals surface area contributed by atoms with Gasteiger partial charge < -0.3 is 9.80 Å². The first-order valence-corrected chi connectivity index (χ1v) is 18.3. The summed E-state index contributed by atoms with van der Waals surface area (Å²) in [6.07, 6.45) is 9.93. The Bertz CT molecular complexity index is 1950. The van der Waals surface area contributed by atoms with Crippen LogP contribution in [0.5, 0.6) is 0 Å². The van der Waals surface area contributed by atoms with Gasteiger partial charge in [0.15, 0.2) is 0 Å². The highest BCUT2D eigenvalue weighted by Gasteiger charge is 2.30. The summed E-state index contributed by atoms with van der Waals surface area (Å²) in [5.74, 6) is 0.481. The first kappa shape index (κ1) is 35.0. The van der Waals surface area contributed by atoms with E-state index in [1.54, 1.807) is 0 Å². The summed E-state index contributed by atoms with van der Waals surface area (Å²) < 4.78 is 0. The van der Waals surface area contributed by atoms with Crippen LogP contribution in [0.25, 0.3) is 11.1 Å². The zero-order chi connectivity index (χ0) is 35.5. The minimum Gasteiger partial charge on any atom is -0.314 e. The lowest BCUT2D eigenvalue weighted by Gasteiger charge is -2.36. The summed E-state index contributed by atoms with van der Waals surface area (Å²) in [6.45, 7) is 18.5. The molecule has 0 N–H and O–H groups in total. The molecule has 256 valence electrons. The molecule has 1 atom stereocenters. The lowest BCUT2D eigenvalue weighted by molar-refractivity contribution is 0.229. The molecule has 1 unspecified atom stereocenters. The summed E-state index contributed by atoms with van der Waals surface area (Å²) in [6, 6.07) is 45.0. The Morgan fingerprint density at radius 2 is 1.04 bits per heavy atom. The number of nitrogens with zero attached hydrogens (tertiary/aromatic N) is 2. The number of hydrogen-bond acceptors (Lipinski definition) is 2. The van der Waals surface area contributed by atoms with Crippen molar-refractivity contribution in [2.24, 2.45) is 10.8 Å². The Balaban J connectivity index is 1.30. The van der Waals surface area contributed by atoms with Crippen LogP contribution in [-0.2, 0) is 0 Å². The van der Waals surface area contributed by atoms with Gasteiger partial charge >= 0.3 is 0 Å². The van der Waals surface area contributed by atoms with Crippen LogP contribution in [0.2, 0.25) is 0 Å². The second-order valence-corrected chi connectivity index (χ2v) is 16.3. The van der Waals surface area contributed by atoms with Crippen LogP contribution >= 0.6 is 0 Å². The molecule has 1 aliphatic carbocycles. The molecule has 0 radical (unpaired) electrons. The molecule has 0 saturated heterocycles. The van der Waals surface area contributed by atoms with E-state index in [4.69, 9.17) is 0 Å². The maximum absolute atomic E-state index is 2.40. The number of hydrogen-bond donors (Lipinski definition) is 0. The van der Waals surface area contributed by atoms with Crippen LogP contribution in [0.3, 0.4) is 0 Å². The van der Waals surface area contributed by atoms with E-state index >= 15 is 0 Å². The fraction of sp³-hybridized carbons (Fsp3) is 0.292. The van der Waals surface area contributed by atoms with E-state index in [0.29, 0.717) is 5.92 Å². The normalized spacial score (nSPS) is 13.9. The molecule has 0 heterocycles. The topological polar surface area (TPSA) is 6.48 Å². The fourth-order valence-electron chi connectivity index (χ4n) is 7.24. The van der Waals surface area contributed by atoms with Crippen molar-refractivity contribution in [1.82, 2.24) is 0 Å². The van der Waals surface area contributed by atoms with E-state index in [2.05, 4.69) is 205 Å². The summed E-state index contributed by atoms with van der Waals surface area (Å²) >= 11 is 0. The molecule has 0 saturated carbocycles. The Morgan fingerprint density at radius 3 is 1.48 bits per heavy atom. The molecule has 0 aliphatic heterocycles. The highest BCUT2D eigenvalue weighted by Crippen LogP contribution is 2.44. The second-order valence-electron chi connectivity index (χ2n) is 16.3. The van der Waals surface area contributed by atoms with Crippen molar-refractivity contribution in [2.75, 3.05) is 9.80 Å². The molecular weight excluding hydrogens is 605 g/mol. The molecule has 1 aliphatic rings. The minimum atomic E-state index is 0.183. The van der Waals surface area contributed by atoms with Crippen LogP contribution in [0.1, 0.15) is 83.4 Å². The summed E-state index contributed by atoms with van der Waals surface area (Å²) in [5.41, 5.74) is 14.0. The van der Waals surface area contributed by atoms with E-state index in [1.165, 1.54) is 56.3 Å². The van der Waals surface area contributed by atoms with Gasteiger partial charge in [-0.2, -0.15) is 0 Å². The van der Waals surface area contributed by atoms with Crippen LogP contribution in [-0.4, -0.2) is 0 Å². The smallest absolute Gasteiger partial charge is 0.0464 e.